The van der Waals surface area contributed by atoms with Gasteiger partial charge in [-0.15, -0.1) is 0 Å². The molecule has 1 saturated carbocycles. The molecule has 0 atom stereocenters. The van der Waals surface area contributed by atoms with Gasteiger partial charge in [-0.25, -0.2) is 0 Å². The molecule has 1 heterocycles. The van der Waals surface area contributed by atoms with E-state index in [1.54, 1.807) is 0 Å². The summed E-state index contributed by atoms with van der Waals surface area (Å²) in [7, 11) is 0. The molecule has 0 saturated heterocycles. The summed E-state index contributed by atoms with van der Waals surface area (Å²) in [5, 5.41) is 5.07. The van der Waals surface area contributed by atoms with Crippen LogP contribution in [-0.2, 0) is 6.42 Å². The van der Waals surface area contributed by atoms with Crippen molar-refractivity contribution < 1.29 is 4.52 Å². The van der Waals surface area contributed by atoms with Crippen LogP contribution < -0.4 is 0 Å². The molecule has 20 heavy (non-hydrogen) atoms. The molecule has 1 aliphatic carbocycles. The third-order valence-electron chi connectivity index (χ3n) is 3.60. The molecule has 0 radical (unpaired) electrons. The second-order valence-corrected chi connectivity index (χ2v) is 7.27. The Labute approximate surface area is 125 Å². The standard InChI is InChI=1S/C17H20ClNO/c1-17(2,3)10-13-15(12-6-4-5-7-14(12)18)19-20-16(13)11-8-9-11/h4-7,11H,8-10H2,1-3H3. The SMILES string of the molecule is CC(C)(C)Cc1c(-c2ccccc2Cl)noc1C1CC1. The van der Waals surface area contributed by atoms with Gasteiger partial charge in [0.15, 0.2) is 0 Å². The van der Waals surface area contributed by atoms with Crippen LogP contribution in [0.4, 0.5) is 0 Å². The van der Waals surface area contributed by atoms with Crippen molar-refractivity contribution in [2.45, 2.75) is 46.0 Å². The Kier molecular flexibility index (Phi) is 3.37. The zero-order valence-corrected chi connectivity index (χ0v) is 13.0. The van der Waals surface area contributed by atoms with Crippen LogP contribution in [0.15, 0.2) is 28.8 Å². The summed E-state index contributed by atoms with van der Waals surface area (Å²) in [5.74, 6) is 1.64. The van der Waals surface area contributed by atoms with Gasteiger partial charge >= 0.3 is 0 Å². The molecule has 1 aromatic heterocycles. The van der Waals surface area contributed by atoms with E-state index in [2.05, 4.69) is 25.9 Å². The quantitative estimate of drug-likeness (QED) is 0.750. The number of hydrogen-bond acceptors (Lipinski definition) is 2. The second-order valence-electron chi connectivity index (χ2n) is 6.87. The van der Waals surface area contributed by atoms with Crippen molar-refractivity contribution in [1.82, 2.24) is 5.16 Å². The van der Waals surface area contributed by atoms with Crippen molar-refractivity contribution in [3.05, 3.63) is 40.6 Å². The Morgan fingerprint density at radius 3 is 2.55 bits per heavy atom. The van der Waals surface area contributed by atoms with Crippen molar-refractivity contribution in [2.75, 3.05) is 0 Å². The molecule has 3 rings (SSSR count). The minimum atomic E-state index is 0.200. The summed E-state index contributed by atoms with van der Waals surface area (Å²) in [5.41, 5.74) is 3.34. The Hall–Kier alpha value is -1.28. The zero-order valence-electron chi connectivity index (χ0n) is 12.2. The highest BCUT2D eigenvalue weighted by molar-refractivity contribution is 6.33. The zero-order chi connectivity index (χ0) is 14.3. The molecule has 2 nitrogen and oxygen atoms in total. The molecule has 0 amide bonds. The Bertz CT molecular complexity index is 620. The molecular formula is C17H20ClNO. The van der Waals surface area contributed by atoms with E-state index in [0.717, 1.165) is 28.5 Å². The number of rotatable bonds is 3. The number of benzene rings is 1. The summed E-state index contributed by atoms with van der Waals surface area (Å²) in [6, 6.07) is 7.86. The lowest BCUT2D eigenvalue weighted by Crippen LogP contribution is -2.10. The lowest BCUT2D eigenvalue weighted by atomic mass is 9.85. The van der Waals surface area contributed by atoms with Gasteiger partial charge in [-0.2, -0.15) is 0 Å². The predicted octanol–water partition coefficient (Wildman–Crippen LogP) is 5.46. The van der Waals surface area contributed by atoms with Gasteiger partial charge in [-0.3, -0.25) is 0 Å². The van der Waals surface area contributed by atoms with Crippen LogP contribution in [0.1, 0.15) is 50.9 Å². The fraction of sp³-hybridized carbons (Fsp3) is 0.471. The van der Waals surface area contributed by atoms with Crippen LogP contribution in [0.25, 0.3) is 11.3 Å². The van der Waals surface area contributed by atoms with Gasteiger partial charge in [-0.1, -0.05) is 55.7 Å². The molecule has 0 bridgehead atoms. The Balaban J connectivity index is 2.09. The highest BCUT2D eigenvalue weighted by Gasteiger charge is 2.34. The topological polar surface area (TPSA) is 26.0 Å². The molecule has 0 aliphatic heterocycles. The number of nitrogens with zero attached hydrogens (tertiary/aromatic N) is 1. The lowest BCUT2D eigenvalue weighted by molar-refractivity contribution is 0.374. The summed E-state index contributed by atoms with van der Waals surface area (Å²) >= 11 is 6.32. The van der Waals surface area contributed by atoms with E-state index in [4.69, 9.17) is 16.1 Å². The van der Waals surface area contributed by atoms with Crippen LogP contribution in [0, 0.1) is 5.41 Å². The van der Waals surface area contributed by atoms with Crippen LogP contribution in [0.5, 0.6) is 0 Å². The average Bonchev–Trinajstić information content (AvgIpc) is 3.12. The van der Waals surface area contributed by atoms with Gasteiger partial charge in [0.2, 0.25) is 0 Å². The maximum atomic E-state index is 6.32. The molecule has 3 heteroatoms. The molecule has 1 aliphatic rings. The van der Waals surface area contributed by atoms with E-state index < -0.39 is 0 Å². The van der Waals surface area contributed by atoms with Gasteiger partial charge < -0.3 is 4.52 Å². The van der Waals surface area contributed by atoms with E-state index in [-0.39, 0.29) is 5.41 Å². The largest absolute Gasteiger partial charge is 0.360 e. The highest BCUT2D eigenvalue weighted by atomic mass is 35.5. The molecule has 0 spiro atoms. The second kappa shape index (κ2) is 4.92. The van der Waals surface area contributed by atoms with Gasteiger partial charge in [-0.05, 0) is 30.7 Å². The number of aromatic nitrogens is 1. The van der Waals surface area contributed by atoms with E-state index in [1.807, 2.05) is 24.3 Å². The normalized spacial score (nSPS) is 15.6. The number of halogens is 1. The Morgan fingerprint density at radius 2 is 1.95 bits per heavy atom. The lowest BCUT2D eigenvalue weighted by Gasteiger charge is -2.18. The molecule has 1 aromatic carbocycles. The summed E-state index contributed by atoms with van der Waals surface area (Å²) < 4.78 is 5.67. The molecule has 0 N–H and O–H groups in total. The first-order valence-corrected chi connectivity index (χ1v) is 7.57. The van der Waals surface area contributed by atoms with Gasteiger partial charge in [0.25, 0.3) is 0 Å². The van der Waals surface area contributed by atoms with Gasteiger partial charge in [0.1, 0.15) is 11.5 Å². The molecule has 2 aromatic rings. The molecule has 0 unspecified atom stereocenters. The number of hydrogen-bond donors (Lipinski definition) is 0. The summed E-state index contributed by atoms with van der Waals surface area (Å²) in [4.78, 5) is 0. The third-order valence-corrected chi connectivity index (χ3v) is 3.93. The van der Waals surface area contributed by atoms with E-state index in [9.17, 15) is 0 Å². The minimum Gasteiger partial charge on any atom is -0.360 e. The van der Waals surface area contributed by atoms with E-state index >= 15 is 0 Å². The third kappa shape index (κ3) is 2.76. The molecule has 1 fully saturated rings. The first-order valence-electron chi connectivity index (χ1n) is 7.19. The minimum absolute atomic E-state index is 0.200. The van der Waals surface area contributed by atoms with Crippen molar-refractivity contribution in [3.63, 3.8) is 0 Å². The Morgan fingerprint density at radius 1 is 1.25 bits per heavy atom. The first-order chi connectivity index (χ1) is 9.46. The van der Waals surface area contributed by atoms with E-state index in [1.165, 1.54) is 18.4 Å². The molecule has 106 valence electrons. The smallest absolute Gasteiger partial charge is 0.143 e. The maximum absolute atomic E-state index is 6.32. The van der Waals surface area contributed by atoms with Crippen LogP contribution in [0.2, 0.25) is 5.02 Å². The predicted molar refractivity (Wildman–Crippen MR) is 82.1 cm³/mol. The van der Waals surface area contributed by atoms with Crippen molar-refractivity contribution in [3.8, 4) is 11.3 Å². The van der Waals surface area contributed by atoms with Crippen molar-refractivity contribution >= 4 is 11.6 Å². The monoisotopic (exact) mass is 289 g/mol. The highest BCUT2D eigenvalue weighted by Crippen LogP contribution is 2.46. The first kappa shape index (κ1) is 13.7. The maximum Gasteiger partial charge on any atom is 0.143 e. The average molecular weight is 290 g/mol. The molecular weight excluding hydrogens is 270 g/mol. The van der Waals surface area contributed by atoms with Crippen molar-refractivity contribution in [2.24, 2.45) is 5.41 Å². The van der Waals surface area contributed by atoms with Crippen molar-refractivity contribution in [1.29, 1.82) is 0 Å². The van der Waals surface area contributed by atoms with Gasteiger partial charge in [0, 0.05) is 17.0 Å². The van der Waals surface area contributed by atoms with Crippen LogP contribution >= 0.6 is 11.6 Å². The fourth-order valence-electron chi connectivity index (χ4n) is 2.55. The van der Waals surface area contributed by atoms with Crippen LogP contribution in [-0.4, -0.2) is 5.16 Å². The fourth-order valence-corrected chi connectivity index (χ4v) is 2.78. The van der Waals surface area contributed by atoms with Gasteiger partial charge in [0.05, 0.1) is 5.02 Å². The summed E-state index contributed by atoms with van der Waals surface area (Å²) in [6.45, 7) is 6.73. The van der Waals surface area contributed by atoms with E-state index in [0.29, 0.717) is 5.92 Å². The van der Waals surface area contributed by atoms with Crippen LogP contribution in [0.3, 0.4) is 0 Å². The summed E-state index contributed by atoms with van der Waals surface area (Å²) in [6.07, 6.45) is 3.39.